The lowest BCUT2D eigenvalue weighted by Gasteiger charge is -2.19. The van der Waals surface area contributed by atoms with Gasteiger partial charge in [-0.3, -0.25) is 0 Å². The van der Waals surface area contributed by atoms with E-state index in [0.717, 1.165) is 5.92 Å². The molecule has 0 radical (unpaired) electrons. The van der Waals surface area contributed by atoms with Crippen molar-refractivity contribution in [1.29, 1.82) is 0 Å². The van der Waals surface area contributed by atoms with Gasteiger partial charge in [0, 0.05) is 0 Å². The molecule has 1 aliphatic carbocycles. The maximum atomic E-state index is 5.88. The Morgan fingerprint density at radius 3 is 2.38 bits per heavy atom. The second-order valence-corrected chi connectivity index (χ2v) is 5.33. The van der Waals surface area contributed by atoms with Crippen LogP contribution in [0.4, 0.5) is 0 Å². The summed E-state index contributed by atoms with van der Waals surface area (Å²) in [6, 6.07) is 8.83. The molecule has 1 nitrogen and oxygen atoms in total. The van der Waals surface area contributed by atoms with Gasteiger partial charge in [0.15, 0.2) is 0 Å². The van der Waals surface area contributed by atoms with E-state index in [0.29, 0.717) is 12.2 Å². The molecule has 2 fully saturated rings. The molecule has 1 saturated heterocycles. The van der Waals surface area contributed by atoms with Gasteiger partial charge in [-0.25, -0.2) is 0 Å². The number of benzene rings is 1. The molecule has 16 heavy (non-hydrogen) atoms. The number of epoxide rings is 1. The van der Waals surface area contributed by atoms with Crippen molar-refractivity contribution in [2.24, 2.45) is 5.92 Å². The highest BCUT2D eigenvalue weighted by Crippen LogP contribution is 2.47. The largest absolute Gasteiger partial charge is 0.364 e. The Morgan fingerprint density at radius 1 is 1.00 bits per heavy atom. The molecule has 1 aliphatic heterocycles. The van der Waals surface area contributed by atoms with Gasteiger partial charge < -0.3 is 4.74 Å². The van der Waals surface area contributed by atoms with Crippen LogP contribution >= 0.6 is 0 Å². The lowest BCUT2D eigenvalue weighted by atomic mass is 9.85. The van der Waals surface area contributed by atoms with Gasteiger partial charge in [-0.1, -0.05) is 49.1 Å². The Hall–Kier alpha value is -0.820. The van der Waals surface area contributed by atoms with Crippen LogP contribution in [0.1, 0.15) is 49.3 Å². The monoisotopic (exact) mass is 216 g/mol. The maximum absolute atomic E-state index is 5.88. The number of hydrogen-bond donors (Lipinski definition) is 0. The predicted molar refractivity (Wildman–Crippen MR) is 65.4 cm³/mol. The molecule has 1 heterocycles. The highest BCUT2D eigenvalue weighted by Gasteiger charge is 2.45. The van der Waals surface area contributed by atoms with Crippen molar-refractivity contribution in [2.75, 3.05) is 0 Å². The molecule has 1 aromatic rings. The van der Waals surface area contributed by atoms with E-state index in [4.69, 9.17) is 4.74 Å². The summed E-state index contributed by atoms with van der Waals surface area (Å²) in [6.07, 6.45) is 7.95. The normalized spacial score (nSPS) is 30.3. The van der Waals surface area contributed by atoms with Gasteiger partial charge in [0.25, 0.3) is 0 Å². The first-order chi connectivity index (χ1) is 7.84. The minimum atomic E-state index is 0.406. The van der Waals surface area contributed by atoms with Gasteiger partial charge in [-0.2, -0.15) is 0 Å². The van der Waals surface area contributed by atoms with E-state index in [2.05, 4.69) is 31.2 Å². The van der Waals surface area contributed by atoms with Crippen LogP contribution in [-0.2, 0) is 4.74 Å². The van der Waals surface area contributed by atoms with E-state index < -0.39 is 0 Å². The smallest absolute Gasteiger partial charge is 0.109 e. The average molecular weight is 216 g/mol. The van der Waals surface area contributed by atoms with Gasteiger partial charge >= 0.3 is 0 Å². The minimum absolute atomic E-state index is 0.406. The van der Waals surface area contributed by atoms with Crippen molar-refractivity contribution in [2.45, 2.75) is 51.2 Å². The van der Waals surface area contributed by atoms with Gasteiger partial charge in [0.05, 0.1) is 6.10 Å². The third-order valence-electron chi connectivity index (χ3n) is 4.05. The molecule has 0 spiro atoms. The fourth-order valence-electron chi connectivity index (χ4n) is 2.97. The van der Waals surface area contributed by atoms with E-state index in [9.17, 15) is 0 Å². The summed E-state index contributed by atoms with van der Waals surface area (Å²) in [7, 11) is 0. The Morgan fingerprint density at radius 2 is 1.69 bits per heavy atom. The van der Waals surface area contributed by atoms with Crippen LogP contribution in [0.5, 0.6) is 0 Å². The van der Waals surface area contributed by atoms with Crippen LogP contribution < -0.4 is 0 Å². The number of rotatable bonds is 2. The molecule has 2 atom stereocenters. The molecule has 1 saturated carbocycles. The van der Waals surface area contributed by atoms with Crippen LogP contribution in [0.15, 0.2) is 24.3 Å². The second kappa shape index (κ2) is 4.21. The van der Waals surface area contributed by atoms with Gasteiger partial charge in [0.2, 0.25) is 0 Å². The van der Waals surface area contributed by atoms with Gasteiger partial charge in [-0.05, 0) is 31.2 Å². The van der Waals surface area contributed by atoms with Gasteiger partial charge in [0.1, 0.15) is 6.10 Å². The van der Waals surface area contributed by atoms with Crippen molar-refractivity contribution in [3.8, 4) is 0 Å². The molecule has 3 rings (SSSR count). The zero-order valence-electron chi connectivity index (χ0n) is 9.99. The number of hydrogen-bond acceptors (Lipinski definition) is 1. The summed E-state index contributed by atoms with van der Waals surface area (Å²) in [5.41, 5.74) is 2.71. The summed E-state index contributed by atoms with van der Waals surface area (Å²) >= 11 is 0. The molecule has 0 aromatic heterocycles. The Balaban J connectivity index is 1.64. The van der Waals surface area contributed by atoms with E-state index in [1.165, 1.54) is 43.2 Å². The zero-order chi connectivity index (χ0) is 11.0. The number of aryl methyl sites for hydroxylation is 1. The summed E-state index contributed by atoms with van der Waals surface area (Å²) in [6.45, 7) is 2.14. The van der Waals surface area contributed by atoms with Crippen LogP contribution in [0.3, 0.4) is 0 Å². The molecule has 86 valence electrons. The van der Waals surface area contributed by atoms with Crippen molar-refractivity contribution < 1.29 is 4.74 Å². The lowest BCUT2D eigenvalue weighted by Crippen LogP contribution is -2.12. The molecule has 1 aromatic carbocycles. The molecule has 2 unspecified atom stereocenters. The first-order valence-electron chi connectivity index (χ1n) is 6.56. The summed E-state index contributed by atoms with van der Waals surface area (Å²) in [5, 5.41) is 0. The summed E-state index contributed by atoms with van der Waals surface area (Å²) < 4.78 is 5.88. The first-order valence-corrected chi connectivity index (χ1v) is 6.56. The van der Waals surface area contributed by atoms with Crippen molar-refractivity contribution in [1.82, 2.24) is 0 Å². The molecule has 0 N–H and O–H groups in total. The topological polar surface area (TPSA) is 12.5 Å². The van der Waals surface area contributed by atoms with Gasteiger partial charge in [-0.15, -0.1) is 0 Å². The number of ether oxygens (including phenoxy) is 1. The molecule has 2 aliphatic rings. The summed E-state index contributed by atoms with van der Waals surface area (Å²) in [4.78, 5) is 0. The van der Waals surface area contributed by atoms with Crippen LogP contribution in [0, 0.1) is 12.8 Å². The zero-order valence-corrected chi connectivity index (χ0v) is 9.99. The second-order valence-electron chi connectivity index (χ2n) is 5.33. The third kappa shape index (κ3) is 2.01. The predicted octanol–water partition coefficient (Wildman–Crippen LogP) is 4.02. The average Bonchev–Trinajstić information content (AvgIpc) is 3.11. The Labute approximate surface area is 97.8 Å². The van der Waals surface area contributed by atoms with Crippen LogP contribution in [0.2, 0.25) is 0 Å². The molecular formula is C15H20O. The maximum Gasteiger partial charge on any atom is 0.109 e. The highest BCUT2D eigenvalue weighted by molar-refractivity contribution is 5.26. The quantitative estimate of drug-likeness (QED) is 0.680. The van der Waals surface area contributed by atoms with E-state index >= 15 is 0 Å². The van der Waals surface area contributed by atoms with E-state index in [1.54, 1.807) is 0 Å². The van der Waals surface area contributed by atoms with Crippen LogP contribution in [0.25, 0.3) is 0 Å². The molecule has 0 bridgehead atoms. The first kappa shape index (κ1) is 10.3. The molecule has 0 amide bonds. The van der Waals surface area contributed by atoms with E-state index in [-0.39, 0.29) is 0 Å². The fourth-order valence-corrected chi connectivity index (χ4v) is 2.97. The standard InChI is InChI=1S/C15H20O/c1-11-7-9-13(10-8-11)15-14(16-15)12-5-3-2-4-6-12/h7-10,12,14-15H,2-6H2,1H3. The minimum Gasteiger partial charge on any atom is -0.364 e. The molecule has 1 heteroatoms. The fraction of sp³-hybridized carbons (Fsp3) is 0.600. The summed E-state index contributed by atoms with van der Waals surface area (Å²) in [5.74, 6) is 0.833. The highest BCUT2D eigenvalue weighted by atomic mass is 16.6. The van der Waals surface area contributed by atoms with Crippen LogP contribution in [-0.4, -0.2) is 6.10 Å². The SMILES string of the molecule is Cc1ccc(C2OC2C2CCCCC2)cc1. The Kier molecular flexibility index (Phi) is 2.72. The van der Waals surface area contributed by atoms with Crippen molar-refractivity contribution in [3.63, 3.8) is 0 Å². The molecular weight excluding hydrogens is 196 g/mol. The Bertz CT molecular complexity index is 348. The van der Waals surface area contributed by atoms with E-state index in [1.807, 2.05) is 0 Å². The lowest BCUT2D eigenvalue weighted by molar-refractivity contribution is 0.262. The van der Waals surface area contributed by atoms with Crippen molar-refractivity contribution in [3.05, 3.63) is 35.4 Å². The van der Waals surface area contributed by atoms with Crippen molar-refractivity contribution >= 4 is 0 Å². The third-order valence-corrected chi connectivity index (χ3v) is 4.05.